The molecular formula is C17H27F3N2O. The van der Waals surface area contributed by atoms with Crippen LogP contribution in [0.4, 0.5) is 13.2 Å². The van der Waals surface area contributed by atoms with E-state index in [1.165, 1.54) is 0 Å². The van der Waals surface area contributed by atoms with E-state index in [-0.39, 0.29) is 18.6 Å². The lowest BCUT2D eigenvalue weighted by atomic mass is 9.99. The Balaban J connectivity index is 2.66. The molecule has 0 aromatic rings. The molecule has 1 aliphatic heterocycles. The maximum absolute atomic E-state index is 12.2. The van der Waals surface area contributed by atoms with Crippen molar-refractivity contribution in [1.29, 1.82) is 5.41 Å². The Hall–Kier alpha value is -1.30. The van der Waals surface area contributed by atoms with Crippen LogP contribution in [0.15, 0.2) is 23.4 Å². The van der Waals surface area contributed by atoms with Gasteiger partial charge in [0.15, 0.2) is 0 Å². The molecule has 1 fully saturated rings. The van der Waals surface area contributed by atoms with Gasteiger partial charge in [-0.15, -0.1) is 0 Å². The molecule has 0 radical (unpaired) electrons. The largest absolute Gasteiger partial charge is 0.389 e. The molecular weight excluding hydrogens is 305 g/mol. The van der Waals surface area contributed by atoms with Crippen molar-refractivity contribution in [2.75, 3.05) is 13.1 Å². The first-order valence-electron chi connectivity index (χ1n) is 7.93. The summed E-state index contributed by atoms with van der Waals surface area (Å²) in [5.41, 5.74) is 2.44. The van der Waals surface area contributed by atoms with Gasteiger partial charge >= 0.3 is 6.18 Å². The lowest BCUT2D eigenvalue weighted by Gasteiger charge is -2.38. The van der Waals surface area contributed by atoms with Crippen molar-refractivity contribution in [1.82, 2.24) is 4.90 Å². The fourth-order valence-corrected chi connectivity index (χ4v) is 2.73. The number of nitrogens with one attached hydrogen (secondary N) is 1. The molecule has 0 bridgehead atoms. The third-order valence-corrected chi connectivity index (χ3v) is 4.12. The summed E-state index contributed by atoms with van der Waals surface area (Å²) in [6, 6.07) is 0. The van der Waals surface area contributed by atoms with Crippen LogP contribution in [0.1, 0.15) is 47.0 Å². The summed E-state index contributed by atoms with van der Waals surface area (Å²) in [4.78, 5) is 2.02. The van der Waals surface area contributed by atoms with Crippen LogP contribution in [-0.2, 0) is 4.74 Å². The van der Waals surface area contributed by atoms with Crippen LogP contribution >= 0.6 is 0 Å². The van der Waals surface area contributed by atoms with Gasteiger partial charge in [-0.1, -0.05) is 12.2 Å². The third kappa shape index (κ3) is 6.37. The highest BCUT2D eigenvalue weighted by Crippen LogP contribution is 2.25. The highest BCUT2D eigenvalue weighted by Gasteiger charge is 2.27. The lowest BCUT2D eigenvalue weighted by molar-refractivity contribution is -0.135. The smallest absolute Gasteiger partial charge is 0.372 e. The minimum atomic E-state index is -4.12. The second kappa shape index (κ2) is 7.99. The molecule has 1 saturated heterocycles. The van der Waals surface area contributed by atoms with E-state index >= 15 is 0 Å². The van der Waals surface area contributed by atoms with E-state index in [4.69, 9.17) is 10.1 Å². The summed E-state index contributed by atoms with van der Waals surface area (Å²) in [7, 11) is 0. The molecule has 0 aromatic carbocycles. The van der Waals surface area contributed by atoms with Crippen LogP contribution in [0, 0.1) is 5.41 Å². The van der Waals surface area contributed by atoms with Gasteiger partial charge in [0.25, 0.3) is 0 Å². The summed E-state index contributed by atoms with van der Waals surface area (Å²) in [6.45, 7) is 12.9. The summed E-state index contributed by atoms with van der Waals surface area (Å²) in [5.74, 6) is 0. The van der Waals surface area contributed by atoms with E-state index in [0.717, 1.165) is 5.57 Å². The Labute approximate surface area is 136 Å². The predicted octanol–water partition coefficient (Wildman–Crippen LogP) is 4.70. The number of morpholine rings is 1. The number of hydrogen-bond donors (Lipinski definition) is 1. The van der Waals surface area contributed by atoms with Gasteiger partial charge in [-0.05, 0) is 46.1 Å². The number of hydrogen-bond acceptors (Lipinski definition) is 3. The standard InChI is InChI=1S/C17H27F3N2O/c1-11(7-6-8-17(18,19)20)14(4)16(21)15(5)22-9-12(2)23-13(3)10-22/h12-13,21H,5-10H2,1-4H3/b14-11+,21-16?/t12-,13+. The van der Waals surface area contributed by atoms with Crippen LogP contribution in [0.25, 0.3) is 0 Å². The van der Waals surface area contributed by atoms with Crippen molar-refractivity contribution in [2.24, 2.45) is 0 Å². The Morgan fingerprint density at radius 1 is 1.22 bits per heavy atom. The molecule has 0 aliphatic carbocycles. The van der Waals surface area contributed by atoms with Gasteiger partial charge in [0.05, 0.1) is 23.6 Å². The average Bonchev–Trinajstić information content (AvgIpc) is 2.42. The molecule has 1 N–H and O–H groups in total. The Kier molecular flexibility index (Phi) is 6.86. The van der Waals surface area contributed by atoms with E-state index in [1.54, 1.807) is 13.8 Å². The maximum atomic E-state index is 12.2. The van der Waals surface area contributed by atoms with Crippen molar-refractivity contribution in [2.45, 2.75) is 65.3 Å². The maximum Gasteiger partial charge on any atom is 0.389 e. The molecule has 0 aromatic heterocycles. The molecule has 23 heavy (non-hydrogen) atoms. The number of alkyl halides is 3. The van der Waals surface area contributed by atoms with E-state index < -0.39 is 12.6 Å². The minimum absolute atomic E-state index is 0.0536. The van der Waals surface area contributed by atoms with Crippen LogP contribution in [0.3, 0.4) is 0 Å². The van der Waals surface area contributed by atoms with E-state index in [0.29, 0.717) is 36.5 Å². The van der Waals surface area contributed by atoms with Crippen LogP contribution < -0.4 is 0 Å². The highest BCUT2D eigenvalue weighted by atomic mass is 19.4. The Morgan fingerprint density at radius 2 is 1.74 bits per heavy atom. The number of nitrogens with zero attached hydrogens (tertiary/aromatic N) is 1. The predicted molar refractivity (Wildman–Crippen MR) is 86.7 cm³/mol. The summed E-state index contributed by atoms with van der Waals surface area (Å²) >= 11 is 0. The number of ether oxygens (including phenoxy) is 1. The molecule has 0 saturated carbocycles. The second-order valence-electron chi connectivity index (χ2n) is 6.36. The zero-order chi connectivity index (χ0) is 17.8. The summed E-state index contributed by atoms with van der Waals surface area (Å²) < 4.78 is 42.3. The number of halogens is 3. The van der Waals surface area contributed by atoms with Gasteiger partial charge in [0.1, 0.15) is 0 Å². The molecule has 1 aliphatic rings. The molecule has 2 atom stereocenters. The molecule has 1 heterocycles. The normalized spacial score (nSPS) is 23.5. The first-order chi connectivity index (χ1) is 10.5. The average molecular weight is 332 g/mol. The zero-order valence-electron chi connectivity index (χ0n) is 14.4. The highest BCUT2D eigenvalue weighted by molar-refractivity contribution is 6.09. The van der Waals surface area contributed by atoms with Crippen molar-refractivity contribution in [3.63, 3.8) is 0 Å². The lowest BCUT2D eigenvalue weighted by Crippen LogP contribution is -2.45. The first-order valence-corrected chi connectivity index (χ1v) is 7.93. The van der Waals surface area contributed by atoms with Crippen LogP contribution in [0.5, 0.6) is 0 Å². The van der Waals surface area contributed by atoms with E-state index in [2.05, 4.69) is 6.58 Å². The first kappa shape index (κ1) is 19.7. The second-order valence-corrected chi connectivity index (χ2v) is 6.36. The molecule has 3 nitrogen and oxygen atoms in total. The quantitative estimate of drug-likeness (QED) is 0.716. The van der Waals surface area contributed by atoms with Crippen LogP contribution in [-0.4, -0.2) is 42.1 Å². The minimum Gasteiger partial charge on any atom is -0.372 e. The SMILES string of the molecule is C=C(C(=N)/C(C)=C(\C)CCCC(F)(F)F)N1C[C@@H](C)O[C@@H](C)C1. The third-order valence-electron chi connectivity index (χ3n) is 4.12. The fraction of sp³-hybridized carbons (Fsp3) is 0.706. The molecule has 0 unspecified atom stereocenters. The molecule has 6 heteroatoms. The van der Waals surface area contributed by atoms with Gasteiger partial charge in [0, 0.05) is 19.5 Å². The van der Waals surface area contributed by atoms with Gasteiger partial charge in [-0.3, -0.25) is 5.41 Å². The molecule has 132 valence electrons. The summed E-state index contributed by atoms with van der Waals surface area (Å²) in [5, 5.41) is 8.30. The number of rotatable bonds is 6. The molecule has 0 spiro atoms. The van der Waals surface area contributed by atoms with Crippen molar-refractivity contribution in [3.05, 3.63) is 23.4 Å². The van der Waals surface area contributed by atoms with Crippen molar-refractivity contribution < 1.29 is 17.9 Å². The monoisotopic (exact) mass is 332 g/mol. The van der Waals surface area contributed by atoms with E-state index in [9.17, 15) is 13.2 Å². The van der Waals surface area contributed by atoms with Gasteiger partial charge < -0.3 is 9.64 Å². The van der Waals surface area contributed by atoms with Crippen molar-refractivity contribution in [3.8, 4) is 0 Å². The van der Waals surface area contributed by atoms with Gasteiger partial charge in [-0.25, -0.2) is 0 Å². The van der Waals surface area contributed by atoms with Gasteiger partial charge in [-0.2, -0.15) is 13.2 Å². The molecule has 1 rings (SSSR count). The van der Waals surface area contributed by atoms with Crippen molar-refractivity contribution >= 4 is 5.71 Å². The van der Waals surface area contributed by atoms with E-state index in [1.807, 2.05) is 18.7 Å². The zero-order valence-corrected chi connectivity index (χ0v) is 14.4. The van der Waals surface area contributed by atoms with Gasteiger partial charge in [0.2, 0.25) is 0 Å². The Bertz CT molecular complexity index is 473. The topological polar surface area (TPSA) is 36.3 Å². The van der Waals surface area contributed by atoms with Crippen LogP contribution in [0.2, 0.25) is 0 Å². The fourth-order valence-electron chi connectivity index (χ4n) is 2.73. The summed E-state index contributed by atoms with van der Waals surface area (Å²) in [6.07, 6.45) is -4.37. The number of allylic oxidation sites excluding steroid dienone is 2. The Morgan fingerprint density at radius 3 is 2.22 bits per heavy atom. The molecule has 0 amide bonds.